The van der Waals surface area contributed by atoms with Gasteiger partial charge in [-0.05, 0) is 49.2 Å². The summed E-state index contributed by atoms with van der Waals surface area (Å²) in [5.74, 6) is 1.10. The molecule has 0 unspecified atom stereocenters. The summed E-state index contributed by atoms with van der Waals surface area (Å²) in [5, 5.41) is 0. The highest BCUT2D eigenvalue weighted by Crippen LogP contribution is 2.28. The number of aromatic nitrogens is 3. The number of hydrogen-bond acceptors (Lipinski definition) is 1. The van der Waals surface area contributed by atoms with E-state index in [1.807, 2.05) is 12.3 Å². The fraction of sp³-hybridized carbons (Fsp3) is 0.143. The van der Waals surface area contributed by atoms with Gasteiger partial charge in [-0.25, -0.2) is 9.55 Å². The fourth-order valence-electron chi connectivity index (χ4n) is 3.36. The number of aryl methyl sites for hydroxylation is 3. The van der Waals surface area contributed by atoms with E-state index in [0.29, 0.717) is 0 Å². The van der Waals surface area contributed by atoms with Gasteiger partial charge in [0.15, 0.2) is 16.7 Å². The number of fused-ring (bicyclic) bond motifs is 1. The van der Waals surface area contributed by atoms with E-state index < -0.39 is 0 Å². The normalized spacial score (nSPS) is 11.1. The second kappa shape index (κ2) is 5.60. The first-order valence-corrected chi connectivity index (χ1v) is 8.16. The number of para-hydroxylation sites is 3. The third kappa shape index (κ3) is 2.13. The molecule has 0 aliphatic carbocycles. The van der Waals surface area contributed by atoms with Crippen LogP contribution >= 0.6 is 0 Å². The minimum atomic E-state index is 1.01. The van der Waals surface area contributed by atoms with Crippen LogP contribution in [-0.4, -0.2) is 9.55 Å². The zero-order chi connectivity index (χ0) is 16.7. The maximum absolute atomic E-state index is 4.68. The van der Waals surface area contributed by atoms with Gasteiger partial charge in [0.2, 0.25) is 0 Å². The van der Waals surface area contributed by atoms with Crippen molar-refractivity contribution in [2.24, 2.45) is 7.05 Å². The molecule has 0 saturated heterocycles. The molecule has 3 heteroatoms. The molecule has 0 atom stereocenters. The molecule has 0 bridgehead atoms. The molecular formula is C21H20N3+. The predicted octanol–water partition coefficient (Wildman–Crippen LogP) is 4.13. The zero-order valence-corrected chi connectivity index (χ0v) is 14.2. The Hall–Kier alpha value is -2.94. The Labute approximate surface area is 141 Å². The number of benzene rings is 2. The van der Waals surface area contributed by atoms with Crippen LogP contribution in [0.15, 0.2) is 66.9 Å². The van der Waals surface area contributed by atoms with Crippen LogP contribution in [0.5, 0.6) is 0 Å². The molecule has 0 N–H and O–H groups in total. The van der Waals surface area contributed by atoms with Gasteiger partial charge in [-0.3, -0.25) is 0 Å². The predicted molar refractivity (Wildman–Crippen MR) is 97.2 cm³/mol. The first-order chi connectivity index (χ1) is 11.7. The van der Waals surface area contributed by atoms with Crippen molar-refractivity contribution in [3.05, 3.63) is 78.0 Å². The highest BCUT2D eigenvalue weighted by Gasteiger charge is 2.28. The Morgan fingerprint density at radius 1 is 0.833 bits per heavy atom. The SMILES string of the molecule is Cc1ccccc1-n1c(-c2ncccc2C)[n+](C)c2ccccc21. The summed E-state index contributed by atoms with van der Waals surface area (Å²) < 4.78 is 4.55. The van der Waals surface area contributed by atoms with E-state index in [4.69, 9.17) is 0 Å². The molecular weight excluding hydrogens is 294 g/mol. The van der Waals surface area contributed by atoms with Crippen LogP contribution in [0.3, 0.4) is 0 Å². The van der Waals surface area contributed by atoms with Gasteiger partial charge in [0.25, 0.3) is 0 Å². The molecule has 4 rings (SSSR count). The molecule has 0 radical (unpaired) electrons. The molecule has 3 nitrogen and oxygen atoms in total. The Morgan fingerprint density at radius 2 is 1.54 bits per heavy atom. The van der Waals surface area contributed by atoms with Crippen LogP contribution in [0, 0.1) is 13.8 Å². The van der Waals surface area contributed by atoms with Gasteiger partial charge >= 0.3 is 5.82 Å². The molecule has 0 spiro atoms. The summed E-state index contributed by atoms with van der Waals surface area (Å²) in [6.07, 6.45) is 1.86. The Balaban J connectivity index is 2.18. The standard InChI is InChI=1S/C21H20N3/c1-15-9-4-5-11-17(15)24-19-13-7-6-12-18(19)23(3)21(24)20-16(2)10-8-14-22-20/h4-14H,1-3H3/q+1. The van der Waals surface area contributed by atoms with Crippen molar-refractivity contribution in [3.63, 3.8) is 0 Å². The van der Waals surface area contributed by atoms with E-state index >= 15 is 0 Å². The van der Waals surface area contributed by atoms with E-state index in [0.717, 1.165) is 11.5 Å². The minimum absolute atomic E-state index is 1.01. The molecule has 2 aromatic heterocycles. The van der Waals surface area contributed by atoms with E-state index in [9.17, 15) is 0 Å². The van der Waals surface area contributed by atoms with Gasteiger partial charge in [0.05, 0.1) is 7.05 Å². The van der Waals surface area contributed by atoms with E-state index in [1.54, 1.807) is 0 Å². The van der Waals surface area contributed by atoms with Crippen molar-refractivity contribution < 1.29 is 4.57 Å². The lowest BCUT2D eigenvalue weighted by Gasteiger charge is -2.07. The van der Waals surface area contributed by atoms with E-state index in [2.05, 4.69) is 89.6 Å². The van der Waals surface area contributed by atoms with Crippen LogP contribution in [0.2, 0.25) is 0 Å². The van der Waals surface area contributed by atoms with Gasteiger partial charge in [-0.2, -0.15) is 4.57 Å². The van der Waals surface area contributed by atoms with Crippen molar-refractivity contribution in [2.45, 2.75) is 13.8 Å². The lowest BCUT2D eigenvalue weighted by Crippen LogP contribution is -2.30. The van der Waals surface area contributed by atoms with Gasteiger partial charge in [0, 0.05) is 6.20 Å². The number of pyridine rings is 1. The Kier molecular flexibility index (Phi) is 3.42. The molecule has 0 aliphatic rings. The molecule has 2 aromatic carbocycles. The maximum atomic E-state index is 4.68. The Bertz CT molecular complexity index is 1040. The summed E-state index contributed by atoms with van der Waals surface area (Å²) in [5.41, 5.74) is 7.00. The molecule has 24 heavy (non-hydrogen) atoms. The monoisotopic (exact) mass is 314 g/mol. The van der Waals surface area contributed by atoms with Crippen molar-refractivity contribution in [3.8, 4) is 17.2 Å². The van der Waals surface area contributed by atoms with Crippen LogP contribution in [0.25, 0.3) is 28.2 Å². The van der Waals surface area contributed by atoms with Gasteiger partial charge in [-0.15, -0.1) is 0 Å². The van der Waals surface area contributed by atoms with Crippen LogP contribution in [-0.2, 0) is 7.05 Å². The number of imidazole rings is 1. The summed E-state index contributed by atoms with van der Waals surface area (Å²) in [4.78, 5) is 4.68. The topological polar surface area (TPSA) is 21.7 Å². The number of nitrogens with zero attached hydrogens (tertiary/aromatic N) is 3. The van der Waals surface area contributed by atoms with Gasteiger partial charge in [-0.1, -0.05) is 36.4 Å². The smallest absolute Gasteiger partial charge is 0.248 e. The molecule has 4 aromatic rings. The second-order valence-electron chi connectivity index (χ2n) is 6.16. The lowest BCUT2D eigenvalue weighted by atomic mass is 10.1. The van der Waals surface area contributed by atoms with Crippen LogP contribution < -0.4 is 4.57 Å². The molecule has 0 amide bonds. The average Bonchev–Trinajstić information content (AvgIpc) is 2.89. The average molecular weight is 314 g/mol. The third-order valence-corrected chi connectivity index (χ3v) is 4.59. The fourth-order valence-corrected chi connectivity index (χ4v) is 3.36. The lowest BCUT2D eigenvalue weighted by molar-refractivity contribution is -0.634. The molecule has 0 fully saturated rings. The summed E-state index contributed by atoms with van der Waals surface area (Å²) in [7, 11) is 2.11. The molecule has 2 heterocycles. The zero-order valence-electron chi connectivity index (χ0n) is 14.2. The summed E-state index contributed by atoms with van der Waals surface area (Å²) in [6, 6.07) is 21.1. The van der Waals surface area contributed by atoms with E-state index in [1.165, 1.54) is 27.8 Å². The summed E-state index contributed by atoms with van der Waals surface area (Å²) >= 11 is 0. The minimum Gasteiger partial charge on any atom is -0.248 e. The molecule has 118 valence electrons. The first-order valence-electron chi connectivity index (χ1n) is 8.16. The highest BCUT2D eigenvalue weighted by atomic mass is 15.2. The van der Waals surface area contributed by atoms with Crippen LogP contribution in [0.1, 0.15) is 11.1 Å². The van der Waals surface area contributed by atoms with Gasteiger partial charge in [0.1, 0.15) is 5.69 Å². The molecule has 0 aliphatic heterocycles. The Morgan fingerprint density at radius 3 is 2.33 bits per heavy atom. The van der Waals surface area contributed by atoms with Crippen LogP contribution in [0.4, 0.5) is 0 Å². The quantitative estimate of drug-likeness (QED) is 0.510. The number of hydrogen-bond donors (Lipinski definition) is 0. The second-order valence-corrected chi connectivity index (χ2v) is 6.16. The largest absolute Gasteiger partial charge is 0.314 e. The first kappa shape index (κ1) is 14.6. The summed E-state index contributed by atoms with van der Waals surface area (Å²) in [6.45, 7) is 4.27. The maximum Gasteiger partial charge on any atom is 0.314 e. The van der Waals surface area contributed by atoms with Crippen molar-refractivity contribution in [2.75, 3.05) is 0 Å². The van der Waals surface area contributed by atoms with Crippen molar-refractivity contribution in [1.82, 2.24) is 9.55 Å². The highest BCUT2D eigenvalue weighted by molar-refractivity contribution is 5.79. The molecule has 0 saturated carbocycles. The van der Waals surface area contributed by atoms with E-state index in [-0.39, 0.29) is 0 Å². The van der Waals surface area contributed by atoms with Crippen molar-refractivity contribution in [1.29, 1.82) is 0 Å². The number of rotatable bonds is 2. The van der Waals surface area contributed by atoms with Gasteiger partial charge < -0.3 is 0 Å². The van der Waals surface area contributed by atoms with Crippen molar-refractivity contribution >= 4 is 11.0 Å². The third-order valence-electron chi connectivity index (χ3n) is 4.59.